The summed E-state index contributed by atoms with van der Waals surface area (Å²) >= 11 is 3.27. The molecule has 1 aromatic rings. The standard InChI is InChI=1S/C11H16BrN3O/c1-3-8(2)14-7-10(16)15-9-5-4-6-13-11(9)12/h4-6,8,14H,3,7H2,1-2H3,(H,15,16). The Bertz CT molecular complexity index is 357. The van der Waals surface area contributed by atoms with E-state index in [-0.39, 0.29) is 5.91 Å². The van der Waals surface area contributed by atoms with Crippen molar-refractivity contribution in [3.05, 3.63) is 22.9 Å². The van der Waals surface area contributed by atoms with Gasteiger partial charge in [-0.2, -0.15) is 0 Å². The molecule has 1 atom stereocenters. The van der Waals surface area contributed by atoms with E-state index in [2.05, 4.69) is 38.5 Å². The largest absolute Gasteiger partial charge is 0.323 e. The highest BCUT2D eigenvalue weighted by Crippen LogP contribution is 2.17. The normalized spacial score (nSPS) is 12.2. The maximum absolute atomic E-state index is 11.6. The van der Waals surface area contributed by atoms with Crippen LogP contribution in [-0.2, 0) is 4.79 Å². The molecule has 1 amide bonds. The molecule has 1 unspecified atom stereocenters. The average molecular weight is 286 g/mol. The van der Waals surface area contributed by atoms with Gasteiger partial charge in [0.2, 0.25) is 5.91 Å². The molecule has 88 valence electrons. The van der Waals surface area contributed by atoms with E-state index in [1.165, 1.54) is 0 Å². The molecule has 0 fully saturated rings. The van der Waals surface area contributed by atoms with Crippen LogP contribution in [0.15, 0.2) is 22.9 Å². The molecule has 5 heteroatoms. The van der Waals surface area contributed by atoms with Gasteiger partial charge in [-0.1, -0.05) is 6.92 Å². The monoisotopic (exact) mass is 285 g/mol. The Balaban J connectivity index is 2.43. The van der Waals surface area contributed by atoms with Crippen molar-refractivity contribution in [2.45, 2.75) is 26.3 Å². The van der Waals surface area contributed by atoms with Crippen molar-refractivity contribution in [1.29, 1.82) is 0 Å². The van der Waals surface area contributed by atoms with E-state index in [4.69, 9.17) is 0 Å². The second kappa shape index (κ2) is 6.60. The van der Waals surface area contributed by atoms with Gasteiger partial charge in [0, 0.05) is 12.2 Å². The van der Waals surface area contributed by atoms with Gasteiger partial charge in [0.1, 0.15) is 4.60 Å². The minimum Gasteiger partial charge on any atom is -0.323 e. The number of rotatable bonds is 5. The topological polar surface area (TPSA) is 54.0 Å². The molecular formula is C11H16BrN3O. The van der Waals surface area contributed by atoms with Crippen molar-refractivity contribution in [1.82, 2.24) is 10.3 Å². The lowest BCUT2D eigenvalue weighted by Crippen LogP contribution is -2.34. The molecule has 0 aliphatic heterocycles. The molecule has 0 aromatic carbocycles. The number of hydrogen-bond acceptors (Lipinski definition) is 3. The van der Waals surface area contributed by atoms with Crippen LogP contribution in [0.1, 0.15) is 20.3 Å². The molecule has 0 spiro atoms. The zero-order valence-electron chi connectivity index (χ0n) is 9.46. The quantitative estimate of drug-likeness (QED) is 0.816. The smallest absolute Gasteiger partial charge is 0.238 e. The zero-order valence-corrected chi connectivity index (χ0v) is 11.0. The average Bonchev–Trinajstić information content (AvgIpc) is 2.29. The van der Waals surface area contributed by atoms with Crippen molar-refractivity contribution >= 4 is 27.5 Å². The lowest BCUT2D eigenvalue weighted by atomic mass is 10.2. The molecule has 1 aromatic heterocycles. The van der Waals surface area contributed by atoms with E-state index < -0.39 is 0 Å². The molecule has 0 aliphatic rings. The van der Waals surface area contributed by atoms with Crippen molar-refractivity contribution in [3.63, 3.8) is 0 Å². The highest BCUT2D eigenvalue weighted by Gasteiger charge is 2.06. The Morgan fingerprint density at radius 3 is 3.00 bits per heavy atom. The Hall–Kier alpha value is -0.940. The van der Waals surface area contributed by atoms with Crippen LogP contribution in [0.4, 0.5) is 5.69 Å². The fourth-order valence-electron chi connectivity index (χ4n) is 1.08. The number of anilines is 1. The Morgan fingerprint density at radius 1 is 1.62 bits per heavy atom. The highest BCUT2D eigenvalue weighted by atomic mass is 79.9. The summed E-state index contributed by atoms with van der Waals surface area (Å²) in [6, 6.07) is 3.93. The predicted molar refractivity (Wildman–Crippen MR) is 68.3 cm³/mol. The molecule has 0 radical (unpaired) electrons. The number of aromatic nitrogens is 1. The summed E-state index contributed by atoms with van der Waals surface area (Å²) in [6.45, 7) is 4.44. The third-order valence-electron chi connectivity index (χ3n) is 2.26. The third-order valence-corrected chi connectivity index (χ3v) is 2.89. The number of nitrogens with zero attached hydrogens (tertiary/aromatic N) is 1. The van der Waals surface area contributed by atoms with Gasteiger partial charge < -0.3 is 10.6 Å². The van der Waals surface area contributed by atoms with Gasteiger partial charge in [0.15, 0.2) is 0 Å². The van der Waals surface area contributed by atoms with Gasteiger partial charge >= 0.3 is 0 Å². The first-order valence-corrected chi connectivity index (χ1v) is 6.06. The number of amides is 1. The first-order valence-electron chi connectivity index (χ1n) is 5.27. The van der Waals surface area contributed by atoms with Gasteiger partial charge in [-0.25, -0.2) is 4.98 Å². The Kier molecular flexibility index (Phi) is 5.42. The zero-order chi connectivity index (χ0) is 12.0. The Labute approximate surface area is 104 Å². The minimum absolute atomic E-state index is 0.0611. The SMILES string of the molecule is CCC(C)NCC(=O)Nc1cccnc1Br. The van der Waals surface area contributed by atoms with Crippen LogP contribution < -0.4 is 10.6 Å². The lowest BCUT2D eigenvalue weighted by Gasteiger charge is -2.11. The van der Waals surface area contributed by atoms with E-state index in [1.807, 2.05) is 6.92 Å². The van der Waals surface area contributed by atoms with Crippen molar-refractivity contribution in [2.75, 3.05) is 11.9 Å². The van der Waals surface area contributed by atoms with Crippen molar-refractivity contribution < 1.29 is 4.79 Å². The fraction of sp³-hybridized carbons (Fsp3) is 0.455. The molecule has 4 nitrogen and oxygen atoms in total. The summed E-state index contributed by atoms with van der Waals surface area (Å²) in [7, 11) is 0. The van der Waals surface area contributed by atoms with Gasteiger partial charge in [0.05, 0.1) is 12.2 Å². The van der Waals surface area contributed by atoms with E-state index in [0.717, 1.165) is 6.42 Å². The number of nitrogens with one attached hydrogen (secondary N) is 2. The van der Waals surface area contributed by atoms with Gasteiger partial charge in [-0.3, -0.25) is 4.79 Å². The van der Waals surface area contributed by atoms with Crippen molar-refractivity contribution in [3.8, 4) is 0 Å². The maximum Gasteiger partial charge on any atom is 0.238 e. The number of carbonyl (C=O) groups is 1. The molecule has 1 heterocycles. The van der Waals surface area contributed by atoms with Gasteiger partial charge in [0.25, 0.3) is 0 Å². The maximum atomic E-state index is 11.6. The number of hydrogen-bond donors (Lipinski definition) is 2. The summed E-state index contributed by atoms with van der Waals surface area (Å²) in [6.07, 6.45) is 2.67. The van der Waals surface area contributed by atoms with Crippen molar-refractivity contribution in [2.24, 2.45) is 0 Å². The van der Waals surface area contributed by atoms with Gasteiger partial charge in [-0.05, 0) is 41.4 Å². The number of pyridine rings is 1. The molecule has 1 rings (SSSR count). The van der Waals surface area contributed by atoms with Crippen LogP contribution in [-0.4, -0.2) is 23.5 Å². The lowest BCUT2D eigenvalue weighted by molar-refractivity contribution is -0.115. The molecular weight excluding hydrogens is 270 g/mol. The Morgan fingerprint density at radius 2 is 2.38 bits per heavy atom. The second-order valence-corrected chi connectivity index (χ2v) is 4.33. The number of halogens is 1. The summed E-state index contributed by atoms with van der Waals surface area (Å²) in [5.74, 6) is -0.0611. The summed E-state index contributed by atoms with van der Waals surface area (Å²) in [4.78, 5) is 15.6. The minimum atomic E-state index is -0.0611. The van der Waals surface area contributed by atoms with E-state index in [0.29, 0.717) is 22.9 Å². The van der Waals surface area contributed by atoms with Crippen LogP contribution in [0.2, 0.25) is 0 Å². The van der Waals surface area contributed by atoms with E-state index in [9.17, 15) is 4.79 Å². The van der Waals surface area contributed by atoms with Crippen LogP contribution in [0.3, 0.4) is 0 Å². The molecule has 16 heavy (non-hydrogen) atoms. The predicted octanol–water partition coefficient (Wildman–Crippen LogP) is 2.17. The second-order valence-electron chi connectivity index (χ2n) is 3.58. The van der Waals surface area contributed by atoms with Crippen LogP contribution in [0, 0.1) is 0 Å². The molecule has 0 saturated heterocycles. The summed E-state index contributed by atoms with van der Waals surface area (Å²) in [5, 5.41) is 5.90. The first-order chi connectivity index (χ1) is 7.63. The number of carbonyl (C=O) groups excluding carboxylic acids is 1. The first kappa shape index (κ1) is 13.1. The van der Waals surface area contributed by atoms with Gasteiger partial charge in [-0.15, -0.1) is 0 Å². The third kappa shape index (κ3) is 4.28. The van der Waals surface area contributed by atoms with Crippen LogP contribution in [0.5, 0.6) is 0 Å². The summed E-state index contributed by atoms with van der Waals surface area (Å²) in [5.41, 5.74) is 0.693. The summed E-state index contributed by atoms with van der Waals surface area (Å²) < 4.78 is 0.645. The molecule has 0 bridgehead atoms. The molecule has 0 aliphatic carbocycles. The molecule has 2 N–H and O–H groups in total. The van der Waals surface area contributed by atoms with Crippen LogP contribution in [0.25, 0.3) is 0 Å². The van der Waals surface area contributed by atoms with E-state index >= 15 is 0 Å². The fourth-order valence-corrected chi connectivity index (χ4v) is 1.43. The highest BCUT2D eigenvalue weighted by molar-refractivity contribution is 9.10. The van der Waals surface area contributed by atoms with Crippen LogP contribution >= 0.6 is 15.9 Å². The molecule has 0 saturated carbocycles. The van der Waals surface area contributed by atoms with E-state index in [1.54, 1.807) is 18.3 Å².